The van der Waals surface area contributed by atoms with Gasteiger partial charge in [-0.15, -0.1) is 0 Å². The van der Waals surface area contributed by atoms with Gasteiger partial charge in [0.1, 0.15) is 0 Å². The highest BCUT2D eigenvalue weighted by atomic mass is 15.0. The van der Waals surface area contributed by atoms with Crippen LogP contribution >= 0.6 is 0 Å². The fourth-order valence-corrected chi connectivity index (χ4v) is 2.21. The van der Waals surface area contributed by atoms with Crippen LogP contribution in [-0.4, -0.2) is 26.7 Å². The van der Waals surface area contributed by atoms with E-state index in [0.717, 1.165) is 6.04 Å². The Balaban J connectivity index is 2.40. The lowest BCUT2D eigenvalue weighted by atomic mass is 9.92. The Kier molecular flexibility index (Phi) is 3.53. The molecule has 0 aromatic heterocycles. The summed E-state index contributed by atoms with van der Waals surface area (Å²) >= 11 is 0. The van der Waals surface area contributed by atoms with Crippen molar-refractivity contribution in [3.8, 4) is 0 Å². The fourth-order valence-electron chi connectivity index (χ4n) is 2.21. The zero-order valence-corrected chi connectivity index (χ0v) is 8.61. The minimum absolute atomic E-state index is 0.597. The smallest absolute Gasteiger partial charge is 0.0133 e. The van der Waals surface area contributed by atoms with Crippen molar-refractivity contribution in [2.75, 3.05) is 20.6 Å². The number of nitrogens with one attached hydrogen (secondary N) is 2. The van der Waals surface area contributed by atoms with Gasteiger partial charge in [-0.1, -0.05) is 13.3 Å². The molecular formula is C10H22N2. The second-order valence-corrected chi connectivity index (χ2v) is 4.02. The molecule has 1 fully saturated rings. The fraction of sp³-hybridized carbons (Fsp3) is 1.00. The molecule has 0 spiro atoms. The van der Waals surface area contributed by atoms with Gasteiger partial charge >= 0.3 is 0 Å². The molecule has 2 N–H and O–H groups in total. The average Bonchev–Trinajstić information content (AvgIpc) is 2.82. The van der Waals surface area contributed by atoms with Crippen LogP contribution in [-0.2, 0) is 0 Å². The van der Waals surface area contributed by atoms with Crippen molar-refractivity contribution in [1.82, 2.24) is 10.6 Å². The Hall–Kier alpha value is -0.0800. The van der Waals surface area contributed by atoms with Gasteiger partial charge in [0.2, 0.25) is 0 Å². The first-order chi connectivity index (χ1) is 5.79. The van der Waals surface area contributed by atoms with Crippen molar-refractivity contribution in [2.45, 2.75) is 38.6 Å². The summed E-state index contributed by atoms with van der Waals surface area (Å²) in [6.07, 6.45) is 5.41. The second kappa shape index (κ2) is 4.24. The summed E-state index contributed by atoms with van der Waals surface area (Å²) in [7, 11) is 4.15. The van der Waals surface area contributed by atoms with Crippen LogP contribution < -0.4 is 10.6 Å². The molecule has 12 heavy (non-hydrogen) atoms. The van der Waals surface area contributed by atoms with E-state index in [1.54, 1.807) is 0 Å². The molecule has 1 unspecified atom stereocenters. The maximum absolute atomic E-state index is 3.45. The van der Waals surface area contributed by atoms with E-state index in [0.29, 0.717) is 5.41 Å². The molecule has 1 atom stereocenters. The van der Waals surface area contributed by atoms with Crippen LogP contribution in [0.3, 0.4) is 0 Å². The van der Waals surface area contributed by atoms with Gasteiger partial charge in [0.15, 0.2) is 0 Å². The van der Waals surface area contributed by atoms with Crippen LogP contribution in [0.1, 0.15) is 32.6 Å². The molecule has 0 radical (unpaired) electrons. The summed E-state index contributed by atoms with van der Waals surface area (Å²) in [4.78, 5) is 0. The highest BCUT2D eigenvalue weighted by Gasteiger charge is 2.47. The van der Waals surface area contributed by atoms with Crippen LogP contribution in [0.5, 0.6) is 0 Å². The Labute approximate surface area is 76.1 Å². The second-order valence-electron chi connectivity index (χ2n) is 4.02. The molecule has 0 aromatic carbocycles. The lowest BCUT2D eigenvalue weighted by molar-refractivity contribution is 0.320. The van der Waals surface area contributed by atoms with Crippen LogP contribution in [0, 0.1) is 5.41 Å². The van der Waals surface area contributed by atoms with Crippen molar-refractivity contribution in [1.29, 1.82) is 0 Å². The van der Waals surface area contributed by atoms with E-state index in [1.807, 2.05) is 0 Å². The minimum Gasteiger partial charge on any atom is -0.319 e. The lowest BCUT2D eigenvalue weighted by Crippen LogP contribution is -2.40. The number of hydrogen-bond donors (Lipinski definition) is 2. The van der Waals surface area contributed by atoms with Gasteiger partial charge in [0.05, 0.1) is 0 Å². The lowest BCUT2D eigenvalue weighted by Gasteiger charge is -2.26. The van der Waals surface area contributed by atoms with Crippen molar-refractivity contribution < 1.29 is 0 Å². The first-order valence-electron chi connectivity index (χ1n) is 5.11. The predicted octanol–water partition coefficient (Wildman–Crippen LogP) is 1.37. The molecule has 0 heterocycles. The summed E-state index contributed by atoms with van der Waals surface area (Å²) in [6, 6.07) is 0.731. The third-order valence-corrected chi connectivity index (χ3v) is 3.09. The normalized spacial score (nSPS) is 22.2. The number of hydrogen-bond acceptors (Lipinski definition) is 2. The number of rotatable bonds is 6. The van der Waals surface area contributed by atoms with Crippen molar-refractivity contribution >= 4 is 0 Å². The molecule has 2 nitrogen and oxygen atoms in total. The molecule has 0 saturated heterocycles. The average molecular weight is 170 g/mol. The Morgan fingerprint density at radius 1 is 1.33 bits per heavy atom. The zero-order chi connectivity index (χ0) is 9.03. The SMILES string of the molecule is CCCC(NC)C1(CNC)CC1. The van der Waals surface area contributed by atoms with E-state index in [1.165, 1.54) is 32.2 Å². The van der Waals surface area contributed by atoms with Gasteiger partial charge in [-0.05, 0) is 38.8 Å². The highest BCUT2D eigenvalue weighted by molar-refractivity contribution is 5.02. The van der Waals surface area contributed by atoms with E-state index in [9.17, 15) is 0 Å². The molecule has 1 aliphatic rings. The largest absolute Gasteiger partial charge is 0.319 e. The molecule has 1 saturated carbocycles. The molecule has 0 aliphatic heterocycles. The van der Waals surface area contributed by atoms with E-state index in [4.69, 9.17) is 0 Å². The standard InChI is InChI=1S/C10H22N2/c1-4-5-9(12-3)10(6-7-10)8-11-2/h9,11-12H,4-8H2,1-3H3. The van der Waals surface area contributed by atoms with Gasteiger partial charge in [0.25, 0.3) is 0 Å². The van der Waals surface area contributed by atoms with Gasteiger partial charge in [-0.25, -0.2) is 0 Å². The topological polar surface area (TPSA) is 24.1 Å². The maximum atomic E-state index is 3.45. The first-order valence-corrected chi connectivity index (χ1v) is 5.11. The van der Waals surface area contributed by atoms with Gasteiger partial charge in [-0.2, -0.15) is 0 Å². The molecular weight excluding hydrogens is 148 g/mol. The zero-order valence-electron chi connectivity index (χ0n) is 8.61. The Morgan fingerprint density at radius 3 is 2.33 bits per heavy atom. The first kappa shape index (κ1) is 10.0. The maximum Gasteiger partial charge on any atom is 0.0133 e. The Morgan fingerprint density at radius 2 is 2.00 bits per heavy atom. The van der Waals surface area contributed by atoms with E-state index < -0.39 is 0 Å². The van der Waals surface area contributed by atoms with Crippen LogP contribution in [0.2, 0.25) is 0 Å². The van der Waals surface area contributed by atoms with Gasteiger partial charge in [0, 0.05) is 12.6 Å². The molecule has 2 heteroatoms. The van der Waals surface area contributed by atoms with Gasteiger partial charge in [-0.3, -0.25) is 0 Å². The van der Waals surface area contributed by atoms with Crippen LogP contribution in [0.4, 0.5) is 0 Å². The summed E-state index contributed by atoms with van der Waals surface area (Å²) in [5.41, 5.74) is 0.597. The van der Waals surface area contributed by atoms with E-state index >= 15 is 0 Å². The van der Waals surface area contributed by atoms with E-state index in [-0.39, 0.29) is 0 Å². The molecule has 1 rings (SSSR count). The molecule has 72 valence electrons. The minimum atomic E-state index is 0.597. The van der Waals surface area contributed by atoms with Crippen molar-refractivity contribution in [2.24, 2.45) is 5.41 Å². The van der Waals surface area contributed by atoms with E-state index in [2.05, 4.69) is 31.7 Å². The molecule has 0 aromatic rings. The summed E-state index contributed by atoms with van der Waals surface area (Å²) in [5, 5.41) is 6.75. The summed E-state index contributed by atoms with van der Waals surface area (Å²) in [5.74, 6) is 0. The summed E-state index contributed by atoms with van der Waals surface area (Å²) in [6.45, 7) is 3.44. The van der Waals surface area contributed by atoms with Crippen molar-refractivity contribution in [3.05, 3.63) is 0 Å². The quantitative estimate of drug-likeness (QED) is 0.629. The van der Waals surface area contributed by atoms with Crippen LogP contribution in [0.15, 0.2) is 0 Å². The predicted molar refractivity (Wildman–Crippen MR) is 53.3 cm³/mol. The monoisotopic (exact) mass is 170 g/mol. The Bertz CT molecular complexity index is 130. The highest BCUT2D eigenvalue weighted by Crippen LogP contribution is 2.49. The third-order valence-electron chi connectivity index (χ3n) is 3.09. The molecule has 0 bridgehead atoms. The third kappa shape index (κ3) is 1.99. The molecule has 1 aliphatic carbocycles. The van der Waals surface area contributed by atoms with Crippen LogP contribution in [0.25, 0.3) is 0 Å². The molecule has 0 amide bonds. The van der Waals surface area contributed by atoms with Gasteiger partial charge < -0.3 is 10.6 Å². The summed E-state index contributed by atoms with van der Waals surface area (Å²) < 4.78 is 0. The van der Waals surface area contributed by atoms with Crippen molar-refractivity contribution in [3.63, 3.8) is 0 Å².